The van der Waals surface area contributed by atoms with Crippen LogP contribution in [-0.4, -0.2) is 51.8 Å². The number of hydrogen-bond acceptors (Lipinski definition) is 4. The Morgan fingerprint density at radius 3 is 2.89 bits per heavy atom. The van der Waals surface area contributed by atoms with Crippen molar-refractivity contribution in [3.8, 4) is 0 Å². The topological polar surface area (TPSA) is 63.1 Å². The van der Waals surface area contributed by atoms with Gasteiger partial charge in [0.25, 0.3) is 0 Å². The van der Waals surface area contributed by atoms with Crippen molar-refractivity contribution in [3.63, 3.8) is 0 Å². The van der Waals surface area contributed by atoms with Crippen LogP contribution in [0.3, 0.4) is 0 Å². The van der Waals surface area contributed by atoms with E-state index in [1.165, 1.54) is 32.1 Å². The molecule has 1 amide bonds. The van der Waals surface area contributed by atoms with Gasteiger partial charge in [-0.05, 0) is 45.0 Å². The molecule has 148 valence electrons. The van der Waals surface area contributed by atoms with Crippen molar-refractivity contribution in [2.45, 2.75) is 51.1 Å². The fourth-order valence-electron chi connectivity index (χ4n) is 4.18. The Morgan fingerprint density at radius 2 is 2.04 bits per heavy atom. The van der Waals surface area contributed by atoms with E-state index in [9.17, 15) is 4.79 Å². The second kappa shape index (κ2) is 8.69. The Bertz CT molecular complexity index is 944. The summed E-state index contributed by atoms with van der Waals surface area (Å²) in [5, 5.41) is 9.43. The van der Waals surface area contributed by atoms with Crippen LogP contribution in [0.15, 0.2) is 36.5 Å². The Labute approximate surface area is 165 Å². The van der Waals surface area contributed by atoms with Gasteiger partial charge >= 0.3 is 0 Å². The van der Waals surface area contributed by atoms with E-state index in [4.69, 9.17) is 0 Å². The van der Waals surface area contributed by atoms with Crippen LogP contribution in [0.5, 0.6) is 0 Å². The normalized spacial score (nSPS) is 15.5. The van der Waals surface area contributed by atoms with Gasteiger partial charge < -0.3 is 10.2 Å². The van der Waals surface area contributed by atoms with Crippen LogP contribution in [0.1, 0.15) is 38.5 Å². The van der Waals surface area contributed by atoms with Crippen molar-refractivity contribution >= 4 is 27.8 Å². The van der Waals surface area contributed by atoms with E-state index in [1.807, 2.05) is 24.3 Å². The molecule has 0 saturated heterocycles. The van der Waals surface area contributed by atoms with E-state index in [0.717, 1.165) is 40.9 Å². The molecule has 0 unspecified atom stereocenters. The summed E-state index contributed by atoms with van der Waals surface area (Å²) in [7, 11) is 2.21. The summed E-state index contributed by atoms with van der Waals surface area (Å²) < 4.78 is 1.69. The summed E-state index contributed by atoms with van der Waals surface area (Å²) in [5.74, 6) is -0.0136. The lowest BCUT2D eigenvalue weighted by molar-refractivity contribution is -0.121. The first-order chi connectivity index (χ1) is 13.7. The monoisotopic (exact) mass is 379 g/mol. The number of nitrogens with zero attached hydrogens (tertiary/aromatic N) is 4. The molecule has 2 aromatic heterocycles. The molecule has 1 aliphatic rings. The second-order valence-electron chi connectivity index (χ2n) is 7.87. The lowest BCUT2D eigenvalue weighted by atomic mass is 9.94. The standard InChI is InChI=1S/C22H29N5O/c1-26(19-9-3-2-4-10-19)13-7-12-23-21(28)16-27-22-18(15-24-27)14-17-8-5-6-11-20(17)25-22/h5-6,8,11,14-15,19H,2-4,7,9-10,12-13,16H2,1H3,(H,23,28). The van der Waals surface area contributed by atoms with Gasteiger partial charge in [0.15, 0.2) is 5.65 Å². The number of para-hydroxylation sites is 1. The predicted octanol–water partition coefficient (Wildman–Crippen LogP) is 3.36. The van der Waals surface area contributed by atoms with Gasteiger partial charge in [-0.1, -0.05) is 37.5 Å². The number of carbonyl (C=O) groups excluding carboxylic acids is 1. The molecule has 1 fully saturated rings. The van der Waals surface area contributed by atoms with Gasteiger partial charge in [-0.25, -0.2) is 9.67 Å². The number of fused-ring (bicyclic) bond motifs is 2. The number of carbonyl (C=O) groups is 1. The Hall–Kier alpha value is -2.47. The molecule has 3 aromatic rings. The molecular formula is C22H29N5O. The number of benzene rings is 1. The van der Waals surface area contributed by atoms with Crippen molar-refractivity contribution < 1.29 is 4.79 Å². The number of amides is 1. The fourth-order valence-corrected chi connectivity index (χ4v) is 4.18. The van der Waals surface area contributed by atoms with Crippen LogP contribution in [0.4, 0.5) is 0 Å². The van der Waals surface area contributed by atoms with Gasteiger partial charge in [0.05, 0.1) is 11.7 Å². The van der Waals surface area contributed by atoms with Crippen LogP contribution < -0.4 is 5.32 Å². The molecule has 2 heterocycles. The Kier molecular flexibility index (Phi) is 5.86. The average Bonchev–Trinajstić information content (AvgIpc) is 3.11. The molecule has 0 bridgehead atoms. The molecule has 0 spiro atoms. The maximum Gasteiger partial charge on any atom is 0.241 e. The SMILES string of the molecule is CN(CCCNC(=O)Cn1ncc2cc3ccccc3nc21)C1CCCCC1. The van der Waals surface area contributed by atoms with Gasteiger partial charge in [-0.2, -0.15) is 5.10 Å². The van der Waals surface area contributed by atoms with E-state index in [0.29, 0.717) is 6.54 Å². The third kappa shape index (κ3) is 4.33. The van der Waals surface area contributed by atoms with Gasteiger partial charge in [0.2, 0.25) is 5.91 Å². The molecular weight excluding hydrogens is 350 g/mol. The zero-order valence-electron chi connectivity index (χ0n) is 16.6. The van der Waals surface area contributed by atoms with Crippen molar-refractivity contribution in [3.05, 3.63) is 36.5 Å². The number of pyridine rings is 1. The molecule has 0 atom stereocenters. The van der Waals surface area contributed by atoms with Crippen LogP contribution in [0.25, 0.3) is 21.9 Å². The van der Waals surface area contributed by atoms with Crippen molar-refractivity contribution in [2.24, 2.45) is 0 Å². The third-order valence-corrected chi connectivity index (χ3v) is 5.81. The highest BCUT2D eigenvalue weighted by Gasteiger charge is 2.17. The predicted molar refractivity (Wildman–Crippen MR) is 112 cm³/mol. The lowest BCUT2D eigenvalue weighted by Crippen LogP contribution is -2.36. The highest BCUT2D eigenvalue weighted by atomic mass is 16.2. The summed E-state index contributed by atoms with van der Waals surface area (Å²) in [4.78, 5) is 19.5. The van der Waals surface area contributed by atoms with Gasteiger partial charge in [-0.3, -0.25) is 4.79 Å². The highest BCUT2D eigenvalue weighted by Crippen LogP contribution is 2.21. The summed E-state index contributed by atoms with van der Waals surface area (Å²) in [6, 6.07) is 10.8. The maximum absolute atomic E-state index is 12.4. The molecule has 6 nitrogen and oxygen atoms in total. The molecule has 1 aliphatic carbocycles. The van der Waals surface area contributed by atoms with E-state index in [-0.39, 0.29) is 12.5 Å². The summed E-state index contributed by atoms with van der Waals surface area (Å²) >= 11 is 0. The first kappa shape index (κ1) is 18.9. The minimum Gasteiger partial charge on any atom is -0.354 e. The lowest BCUT2D eigenvalue weighted by Gasteiger charge is -2.31. The molecule has 28 heavy (non-hydrogen) atoms. The quantitative estimate of drug-likeness (QED) is 0.640. The minimum absolute atomic E-state index is 0.0136. The van der Waals surface area contributed by atoms with E-state index in [2.05, 4.69) is 33.4 Å². The fraction of sp³-hybridized carbons (Fsp3) is 0.500. The van der Waals surface area contributed by atoms with Crippen molar-refractivity contribution in [2.75, 3.05) is 20.1 Å². The molecule has 1 N–H and O–H groups in total. The van der Waals surface area contributed by atoms with Crippen LogP contribution in [0, 0.1) is 0 Å². The molecule has 1 saturated carbocycles. The maximum atomic E-state index is 12.4. The molecule has 4 rings (SSSR count). The van der Waals surface area contributed by atoms with Gasteiger partial charge in [0, 0.05) is 23.4 Å². The Balaban J connectivity index is 1.28. The van der Waals surface area contributed by atoms with Crippen LogP contribution in [-0.2, 0) is 11.3 Å². The zero-order chi connectivity index (χ0) is 19.3. The highest BCUT2D eigenvalue weighted by molar-refractivity contribution is 5.91. The number of hydrogen-bond donors (Lipinski definition) is 1. The summed E-state index contributed by atoms with van der Waals surface area (Å²) in [6.07, 6.45) is 9.48. The second-order valence-corrected chi connectivity index (χ2v) is 7.87. The Morgan fingerprint density at radius 1 is 1.21 bits per heavy atom. The van der Waals surface area contributed by atoms with Crippen LogP contribution >= 0.6 is 0 Å². The molecule has 0 aliphatic heterocycles. The molecule has 6 heteroatoms. The molecule has 1 aromatic carbocycles. The first-order valence-electron chi connectivity index (χ1n) is 10.4. The van der Waals surface area contributed by atoms with Crippen molar-refractivity contribution in [1.29, 1.82) is 0 Å². The zero-order valence-corrected chi connectivity index (χ0v) is 16.6. The smallest absolute Gasteiger partial charge is 0.241 e. The largest absolute Gasteiger partial charge is 0.354 e. The van der Waals surface area contributed by atoms with Gasteiger partial charge in [-0.15, -0.1) is 0 Å². The summed E-state index contributed by atoms with van der Waals surface area (Å²) in [5.41, 5.74) is 1.67. The first-order valence-corrected chi connectivity index (χ1v) is 10.4. The minimum atomic E-state index is -0.0136. The number of nitrogens with one attached hydrogen (secondary N) is 1. The van der Waals surface area contributed by atoms with E-state index in [1.54, 1.807) is 10.9 Å². The molecule has 0 radical (unpaired) electrons. The van der Waals surface area contributed by atoms with Crippen molar-refractivity contribution in [1.82, 2.24) is 25.0 Å². The third-order valence-electron chi connectivity index (χ3n) is 5.81. The van der Waals surface area contributed by atoms with E-state index < -0.39 is 0 Å². The van der Waals surface area contributed by atoms with Gasteiger partial charge in [0.1, 0.15) is 6.54 Å². The van der Waals surface area contributed by atoms with Crippen LogP contribution in [0.2, 0.25) is 0 Å². The number of aromatic nitrogens is 3. The summed E-state index contributed by atoms with van der Waals surface area (Å²) in [6.45, 7) is 1.93. The van der Waals surface area contributed by atoms with E-state index >= 15 is 0 Å². The average molecular weight is 380 g/mol. The number of rotatable bonds is 7.